The molecule has 0 saturated heterocycles. The van der Waals surface area contributed by atoms with E-state index in [4.69, 9.17) is 18.9 Å². The van der Waals surface area contributed by atoms with E-state index >= 15 is 0 Å². The number of methoxy groups -OCH3 is 4. The Morgan fingerprint density at radius 3 is 1.97 bits per heavy atom. The van der Waals surface area contributed by atoms with Crippen molar-refractivity contribution in [1.29, 1.82) is 0 Å². The first-order valence-electron chi connectivity index (χ1n) is 8.90. The maximum atomic E-state index is 5.42. The second-order valence-corrected chi connectivity index (χ2v) is 6.07. The van der Waals surface area contributed by atoms with Crippen molar-refractivity contribution in [2.45, 2.75) is 6.92 Å². The standard InChI is InChI=1S/C21H24N4O4/c1-13-22-20(24-14-6-8-18(28-4)19(10-14)29-5)12-21(23-13)25-16-11-15(26-2)7-9-17(16)27-3/h6-12H,1-5H3,(H2,22,23,24,25). The first-order chi connectivity index (χ1) is 14.1. The Labute approximate surface area is 169 Å². The largest absolute Gasteiger partial charge is 0.497 e. The Kier molecular flexibility index (Phi) is 6.23. The van der Waals surface area contributed by atoms with Crippen LogP contribution in [0.5, 0.6) is 23.0 Å². The molecular weight excluding hydrogens is 372 g/mol. The van der Waals surface area contributed by atoms with Crippen LogP contribution >= 0.6 is 0 Å². The highest BCUT2D eigenvalue weighted by Gasteiger charge is 2.10. The van der Waals surface area contributed by atoms with Gasteiger partial charge in [-0.3, -0.25) is 0 Å². The minimum absolute atomic E-state index is 0.611. The molecule has 8 nitrogen and oxygen atoms in total. The van der Waals surface area contributed by atoms with Gasteiger partial charge in [-0.05, 0) is 31.2 Å². The number of ether oxygens (including phenoxy) is 4. The Hall–Kier alpha value is -3.68. The van der Waals surface area contributed by atoms with Crippen molar-refractivity contribution in [3.63, 3.8) is 0 Å². The molecule has 3 aromatic rings. The lowest BCUT2D eigenvalue weighted by Gasteiger charge is -2.14. The molecule has 0 atom stereocenters. The van der Waals surface area contributed by atoms with Crippen molar-refractivity contribution in [3.8, 4) is 23.0 Å². The van der Waals surface area contributed by atoms with E-state index < -0.39 is 0 Å². The maximum absolute atomic E-state index is 5.42. The quantitative estimate of drug-likeness (QED) is 0.583. The van der Waals surface area contributed by atoms with Gasteiger partial charge in [-0.15, -0.1) is 0 Å². The zero-order valence-corrected chi connectivity index (χ0v) is 17.1. The molecule has 0 aliphatic heterocycles. The van der Waals surface area contributed by atoms with Gasteiger partial charge < -0.3 is 29.6 Å². The molecule has 3 rings (SSSR count). The summed E-state index contributed by atoms with van der Waals surface area (Å²) in [5.74, 6) is 4.53. The number of anilines is 4. The summed E-state index contributed by atoms with van der Waals surface area (Å²) in [4.78, 5) is 8.91. The van der Waals surface area contributed by atoms with E-state index in [1.807, 2.05) is 49.4 Å². The molecule has 0 bridgehead atoms. The molecular formula is C21H24N4O4. The molecule has 2 aromatic carbocycles. The highest BCUT2D eigenvalue weighted by atomic mass is 16.5. The van der Waals surface area contributed by atoms with Crippen LogP contribution in [-0.2, 0) is 0 Å². The second-order valence-electron chi connectivity index (χ2n) is 6.07. The lowest BCUT2D eigenvalue weighted by Crippen LogP contribution is -2.03. The van der Waals surface area contributed by atoms with E-state index in [-0.39, 0.29) is 0 Å². The van der Waals surface area contributed by atoms with Gasteiger partial charge in [-0.25, -0.2) is 9.97 Å². The van der Waals surface area contributed by atoms with Gasteiger partial charge in [0.25, 0.3) is 0 Å². The molecule has 0 radical (unpaired) electrons. The number of hydrogen-bond acceptors (Lipinski definition) is 8. The van der Waals surface area contributed by atoms with Crippen LogP contribution < -0.4 is 29.6 Å². The Morgan fingerprint density at radius 2 is 1.31 bits per heavy atom. The third-order valence-electron chi connectivity index (χ3n) is 4.16. The van der Waals surface area contributed by atoms with Crippen molar-refractivity contribution in [2.75, 3.05) is 39.1 Å². The summed E-state index contributed by atoms with van der Waals surface area (Å²) >= 11 is 0. The topological polar surface area (TPSA) is 86.8 Å². The number of aromatic nitrogens is 2. The first kappa shape index (κ1) is 20.1. The predicted octanol–water partition coefficient (Wildman–Crippen LogP) is 4.31. The van der Waals surface area contributed by atoms with Gasteiger partial charge in [0.1, 0.15) is 29.0 Å². The zero-order valence-electron chi connectivity index (χ0n) is 17.1. The molecule has 0 fully saturated rings. The molecule has 0 saturated carbocycles. The molecule has 0 spiro atoms. The first-order valence-corrected chi connectivity index (χ1v) is 8.90. The Balaban J connectivity index is 1.87. The lowest BCUT2D eigenvalue weighted by molar-refractivity contribution is 0.355. The van der Waals surface area contributed by atoms with Crippen LogP contribution in [0.4, 0.5) is 23.0 Å². The molecule has 0 amide bonds. The highest BCUT2D eigenvalue weighted by molar-refractivity contribution is 5.69. The van der Waals surface area contributed by atoms with Gasteiger partial charge >= 0.3 is 0 Å². The van der Waals surface area contributed by atoms with E-state index in [9.17, 15) is 0 Å². The second kappa shape index (κ2) is 9.01. The summed E-state index contributed by atoms with van der Waals surface area (Å²) < 4.78 is 21.3. The summed E-state index contributed by atoms with van der Waals surface area (Å²) in [6.45, 7) is 1.83. The van der Waals surface area contributed by atoms with Crippen molar-refractivity contribution < 1.29 is 18.9 Å². The van der Waals surface area contributed by atoms with Crippen LogP contribution in [-0.4, -0.2) is 38.4 Å². The molecule has 29 heavy (non-hydrogen) atoms. The van der Waals surface area contributed by atoms with Crippen molar-refractivity contribution >= 4 is 23.0 Å². The van der Waals surface area contributed by atoms with Gasteiger partial charge in [0.2, 0.25) is 0 Å². The average Bonchev–Trinajstić information content (AvgIpc) is 2.73. The SMILES string of the molecule is COc1ccc(OC)c(Nc2cc(Nc3ccc(OC)c(OC)c3)nc(C)n2)c1. The fourth-order valence-electron chi connectivity index (χ4n) is 2.81. The molecule has 1 heterocycles. The number of benzene rings is 2. The van der Waals surface area contributed by atoms with Gasteiger partial charge in [0, 0.05) is 23.9 Å². The smallest absolute Gasteiger partial charge is 0.162 e. The monoisotopic (exact) mass is 396 g/mol. The van der Waals surface area contributed by atoms with Gasteiger partial charge in [-0.1, -0.05) is 0 Å². The van der Waals surface area contributed by atoms with Gasteiger partial charge in [0.05, 0.1) is 34.1 Å². The van der Waals surface area contributed by atoms with Crippen molar-refractivity contribution in [1.82, 2.24) is 9.97 Å². The minimum atomic E-state index is 0.611. The van der Waals surface area contributed by atoms with Crippen LogP contribution in [0.25, 0.3) is 0 Å². The minimum Gasteiger partial charge on any atom is -0.497 e. The lowest BCUT2D eigenvalue weighted by atomic mass is 10.2. The number of aryl methyl sites for hydroxylation is 1. The molecule has 0 aliphatic rings. The highest BCUT2D eigenvalue weighted by Crippen LogP contribution is 2.33. The van der Waals surface area contributed by atoms with Crippen LogP contribution in [0.2, 0.25) is 0 Å². The van der Waals surface area contributed by atoms with Crippen LogP contribution in [0, 0.1) is 6.92 Å². The van der Waals surface area contributed by atoms with Crippen molar-refractivity contribution in [2.24, 2.45) is 0 Å². The summed E-state index contributed by atoms with van der Waals surface area (Å²) in [6, 6.07) is 12.9. The van der Waals surface area contributed by atoms with Crippen molar-refractivity contribution in [3.05, 3.63) is 48.3 Å². The van der Waals surface area contributed by atoms with E-state index in [2.05, 4.69) is 20.6 Å². The summed E-state index contributed by atoms with van der Waals surface area (Å²) in [7, 11) is 6.43. The molecule has 2 N–H and O–H groups in total. The average molecular weight is 396 g/mol. The molecule has 0 aliphatic carbocycles. The Bertz CT molecular complexity index is 994. The predicted molar refractivity (Wildman–Crippen MR) is 112 cm³/mol. The van der Waals surface area contributed by atoms with E-state index in [1.165, 1.54) is 0 Å². The van der Waals surface area contributed by atoms with E-state index in [0.717, 1.165) is 11.4 Å². The van der Waals surface area contributed by atoms with Crippen LogP contribution in [0.15, 0.2) is 42.5 Å². The summed E-state index contributed by atoms with van der Waals surface area (Å²) in [5, 5.41) is 6.53. The fraction of sp³-hybridized carbons (Fsp3) is 0.238. The number of hydrogen-bond donors (Lipinski definition) is 2. The molecule has 0 unspecified atom stereocenters. The number of nitrogens with zero attached hydrogens (tertiary/aromatic N) is 2. The summed E-state index contributed by atoms with van der Waals surface area (Å²) in [6.07, 6.45) is 0. The Morgan fingerprint density at radius 1 is 0.655 bits per heavy atom. The molecule has 152 valence electrons. The van der Waals surface area contributed by atoms with Gasteiger partial charge in [0.15, 0.2) is 11.5 Å². The number of nitrogens with one attached hydrogen (secondary N) is 2. The van der Waals surface area contributed by atoms with Gasteiger partial charge in [-0.2, -0.15) is 0 Å². The molecule has 1 aromatic heterocycles. The van der Waals surface area contributed by atoms with Crippen LogP contribution in [0.1, 0.15) is 5.82 Å². The van der Waals surface area contributed by atoms with E-state index in [1.54, 1.807) is 28.4 Å². The fourth-order valence-corrected chi connectivity index (χ4v) is 2.81. The summed E-state index contributed by atoms with van der Waals surface area (Å²) in [5.41, 5.74) is 1.55. The third kappa shape index (κ3) is 4.78. The third-order valence-corrected chi connectivity index (χ3v) is 4.16. The number of rotatable bonds is 8. The maximum Gasteiger partial charge on any atom is 0.162 e. The molecule has 8 heteroatoms. The zero-order chi connectivity index (χ0) is 20.8. The van der Waals surface area contributed by atoms with Crippen LogP contribution in [0.3, 0.4) is 0 Å². The van der Waals surface area contributed by atoms with E-state index in [0.29, 0.717) is 40.5 Å². The normalized spacial score (nSPS) is 10.2.